The molecule has 4 N–H and O–H groups in total. The molecule has 88 valence electrons. The maximum Gasteiger partial charge on any atom is 0.140 e. The molecule has 0 aromatic heterocycles. The van der Waals surface area contributed by atoms with E-state index in [2.05, 4.69) is 17.4 Å². The number of hydrogen-bond acceptors (Lipinski definition) is 4. The lowest BCUT2D eigenvalue weighted by Crippen LogP contribution is -2.30. The predicted molar refractivity (Wildman–Crippen MR) is 59.0 cm³/mol. The van der Waals surface area contributed by atoms with Gasteiger partial charge in [-0.3, -0.25) is 0 Å². The molecule has 2 atom stereocenters. The lowest BCUT2D eigenvalue weighted by atomic mass is 10.00. The quantitative estimate of drug-likeness (QED) is 0.198. The molecule has 0 radical (unpaired) electrons. The van der Waals surface area contributed by atoms with Gasteiger partial charge in [-0.05, 0) is 18.8 Å². The van der Waals surface area contributed by atoms with Gasteiger partial charge < -0.3 is 21.0 Å². The number of rotatable bonds is 6. The first-order valence-corrected chi connectivity index (χ1v) is 5.56. The van der Waals surface area contributed by atoms with Gasteiger partial charge in [-0.25, -0.2) is 0 Å². The average molecular weight is 215 g/mol. The van der Waals surface area contributed by atoms with Crippen LogP contribution in [0.5, 0.6) is 0 Å². The number of nitrogens with two attached hydrogens (primary N) is 1. The van der Waals surface area contributed by atoms with E-state index in [4.69, 9.17) is 15.7 Å². The second-order valence-corrected chi connectivity index (χ2v) is 3.91. The van der Waals surface area contributed by atoms with Crippen molar-refractivity contribution < 1.29 is 9.94 Å². The Balaban J connectivity index is 2.09. The number of nitrogens with zero attached hydrogens (tertiary/aromatic N) is 1. The van der Waals surface area contributed by atoms with Crippen LogP contribution in [0.4, 0.5) is 0 Å². The molecule has 1 fully saturated rings. The molecule has 2 unspecified atom stereocenters. The molecule has 0 amide bonds. The highest BCUT2D eigenvalue weighted by atomic mass is 16.5. The Morgan fingerprint density at radius 2 is 2.47 bits per heavy atom. The fourth-order valence-corrected chi connectivity index (χ4v) is 1.93. The van der Waals surface area contributed by atoms with E-state index >= 15 is 0 Å². The molecular formula is C10H21N3O2. The second-order valence-electron chi connectivity index (χ2n) is 3.91. The first-order valence-electron chi connectivity index (χ1n) is 5.56. The second kappa shape index (κ2) is 6.63. The third-order valence-corrected chi connectivity index (χ3v) is 2.84. The van der Waals surface area contributed by atoms with Crippen LogP contribution in [0.25, 0.3) is 0 Å². The monoisotopic (exact) mass is 215 g/mol. The fraction of sp³-hybridized carbons (Fsp3) is 0.900. The van der Waals surface area contributed by atoms with E-state index in [1.807, 2.05) is 0 Å². The summed E-state index contributed by atoms with van der Waals surface area (Å²) >= 11 is 0. The summed E-state index contributed by atoms with van der Waals surface area (Å²) in [5.74, 6) is 0.888. The fourth-order valence-electron chi connectivity index (χ4n) is 1.93. The van der Waals surface area contributed by atoms with Crippen molar-refractivity contribution in [1.29, 1.82) is 0 Å². The largest absolute Gasteiger partial charge is 0.409 e. The van der Waals surface area contributed by atoms with Crippen molar-refractivity contribution in [2.75, 3.05) is 19.7 Å². The van der Waals surface area contributed by atoms with E-state index in [9.17, 15) is 0 Å². The molecule has 1 aliphatic rings. The Hall–Kier alpha value is -0.810. The summed E-state index contributed by atoms with van der Waals surface area (Å²) in [6.45, 7) is 4.74. The molecule has 1 rings (SSSR count). The third kappa shape index (κ3) is 4.05. The van der Waals surface area contributed by atoms with Gasteiger partial charge in [0.1, 0.15) is 5.84 Å². The van der Waals surface area contributed by atoms with Crippen LogP contribution in [0, 0.1) is 5.92 Å². The highest BCUT2D eigenvalue weighted by Crippen LogP contribution is 2.22. The van der Waals surface area contributed by atoms with E-state index < -0.39 is 0 Å². The zero-order chi connectivity index (χ0) is 11.1. The van der Waals surface area contributed by atoms with Gasteiger partial charge in [0.05, 0.1) is 6.10 Å². The van der Waals surface area contributed by atoms with Crippen LogP contribution in [0.1, 0.15) is 26.2 Å². The minimum Gasteiger partial charge on any atom is -0.409 e. The molecule has 0 aromatic rings. The van der Waals surface area contributed by atoms with Crippen molar-refractivity contribution in [1.82, 2.24) is 5.32 Å². The SMILES string of the molecule is CCC1OCCC1CNCCC(N)=NO. The lowest BCUT2D eigenvalue weighted by Gasteiger charge is -2.17. The van der Waals surface area contributed by atoms with Crippen LogP contribution in [0.2, 0.25) is 0 Å². The molecule has 5 nitrogen and oxygen atoms in total. The zero-order valence-electron chi connectivity index (χ0n) is 9.28. The van der Waals surface area contributed by atoms with Crippen LogP contribution in [-0.2, 0) is 4.74 Å². The summed E-state index contributed by atoms with van der Waals surface area (Å²) in [4.78, 5) is 0. The Morgan fingerprint density at radius 3 is 3.13 bits per heavy atom. The minimum atomic E-state index is 0.275. The molecule has 1 aliphatic heterocycles. The van der Waals surface area contributed by atoms with Crippen molar-refractivity contribution >= 4 is 5.84 Å². The van der Waals surface area contributed by atoms with Crippen LogP contribution in [-0.4, -0.2) is 36.8 Å². The van der Waals surface area contributed by atoms with Crippen molar-refractivity contribution in [2.45, 2.75) is 32.3 Å². The van der Waals surface area contributed by atoms with Crippen molar-refractivity contribution in [3.63, 3.8) is 0 Å². The molecule has 1 saturated heterocycles. The Kier molecular flexibility index (Phi) is 5.42. The third-order valence-electron chi connectivity index (χ3n) is 2.84. The van der Waals surface area contributed by atoms with Gasteiger partial charge in [0.2, 0.25) is 0 Å². The highest BCUT2D eigenvalue weighted by Gasteiger charge is 2.25. The van der Waals surface area contributed by atoms with Gasteiger partial charge in [-0.15, -0.1) is 0 Å². The topological polar surface area (TPSA) is 79.9 Å². The van der Waals surface area contributed by atoms with Crippen LogP contribution in [0.15, 0.2) is 5.16 Å². The summed E-state index contributed by atoms with van der Waals surface area (Å²) in [6.07, 6.45) is 3.20. The highest BCUT2D eigenvalue weighted by molar-refractivity contribution is 5.79. The predicted octanol–water partition coefficient (Wildman–Crippen LogP) is 0.528. The summed E-state index contributed by atoms with van der Waals surface area (Å²) < 4.78 is 5.59. The number of ether oxygens (including phenoxy) is 1. The van der Waals surface area contributed by atoms with Crippen molar-refractivity contribution in [3.8, 4) is 0 Å². The number of amidine groups is 1. The van der Waals surface area contributed by atoms with Gasteiger partial charge in [0.25, 0.3) is 0 Å². The lowest BCUT2D eigenvalue weighted by molar-refractivity contribution is 0.0874. The molecule has 0 aromatic carbocycles. The maximum absolute atomic E-state index is 8.34. The Morgan fingerprint density at radius 1 is 1.67 bits per heavy atom. The van der Waals surface area contributed by atoms with E-state index in [0.29, 0.717) is 18.4 Å². The molecule has 0 aliphatic carbocycles. The van der Waals surface area contributed by atoms with Crippen molar-refractivity contribution in [2.24, 2.45) is 16.8 Å². The Bertz CT molecular complexity index is 209. The van der Waals surface area contributed by atoms with Gasteiger partial charge in [-0.1, -0.05) is 12.1 Å². The Labute approximate surface area is 90.7 Å². The van der Waals surface area contributed by atoms with E-state index in [-0.39, 0.29) is 5.84 Å². The first-order chi connectivity index (χ1) is 7.27. The van der Waals surface area contributed by atoms with E-state index in [1.54, 1.807) is 0 Å². The smallest absolute Gasteiger partial charge is 0.140 e. The molecule has 0 spiro atoms. The van der Waals surface area contributed by atoms with Crippen LogP contribution in [0.3, 0.4) is 0 Å². The van der Waals surface area contributed by atoms with Crippen molar-refractivity contribution in [3.05, 3.63) is 0 Å². The average Bonchev–Trinajstić information content (AvgIpc) is 2.71. The van der Waals surface area contributed by atoms with Gasteiger partial charge in [0, 0.05) is 26.1 Å². The molecule has 15 heavy (non-hydrogen) atoms. The first kappa shape index (κ1) is 12.3. The number of nitrogens with one attached hydrogen (secondary N) is 1. The summed E-state index contributed by atoms with van der Waals surface area (Å²) in [5.41, 5.74) is 5.36. The standard InChI is InChI=1S/C10H21N3O2/c1-2-9-8(4-6-15-9)7-12-5-3-10(11)13-14/h8-9,12,14H,2-7H2,1H3,(H2,11,13). The molecular weight excluding hydrogens is 194 g/mol. The molecule has 5 heteroatoms. The van der Waals surface area contributed by atoms with E-state index in [1.165, 1.54) is 0 Å². The summed E-state index contributed by atoms with van der Waals surface area (Å²) in [6, 6.07) is 0. The van der Waals surface area contributed by atoms with Crippen LogP contribution >= 0.6 is 0 Å². The van der Waals surface area contributed by atoms with Crippen LogP contribution < -0.4 is 11.1 Å². The zero-order valence-corrected chi connectivity index (χ0v) is 9.28. The number of oxime groups is 1. The molecule has 1 heterocycles. The van der Waals surface area contributed by atoms with Gasteiger partial charge in [-0.2, -0.15) is 0 Å². The normalized spacial score (nSPS) is 27.1. The summed E-state index contributed by atoms with van der Waals surface area (Å²) in [7, 11) is 0. The van der Waals surface area contributed by atoms with E-state index in [0.717, 1.165) is 32.5 Å². The summed E-state index contributed by atoms with van der Waals surface area (Å²) in [5, 5.41) is 14.6. The molecule has 0 saturated carbocycles. The minimum absolute atomic E-state index is 0.275. The number of hydrogen-bond donors (Lipinski definition) is 3. The van der Waals surface area contributed by atoms with Gasteiger partial charge in [0.15, 0.2) is 0 Å². The van der Waals surface area contributed by atoms with Gasteiger partial charge >= 0.3 is 0 Å². The molecule has 0 bridgehead atoms. The maximum atomic E-state index is 8.34.